The maximum atomic E-state index is 12.5. The Hall–Kier alpha value is -2.66. The highest BCUT2D eigenvalue weighted by molar-refractivity contribution is 5.95. The van der Waals surface area contributed by atoms with Gasteiger partial charge >= 0.3 is 0 Å². The summed E-state index contributed by atoms with van der Waals surface area (Å²) in [5.41, 5.74) is 10.5. The highest BCUT2D eigenvalue weighted by atomic mass is 16.2. The maximum Gasteiger partial charge on any atom is 0.282 e. The van der Waals surface area contributed by atoms with Gasteiger partial charge in [-0.25, -0.2) is 0 Å². The number of benzene rings is 2. The van der Waals surface area contributed by atoms with Crippen LogP contribution in [0.25, 0.3) is 0 Å². The summed E-state index contributed by atoms with van der Waals surface area (Å²) in [4.78, 5) is 23.6. The van der Waals surface area contributed by atoms with E-state index in [2.05, 4.69) is 35.8 Å². The van der Waals surface area contributed by atoms with Gasteiger partial charge in [-0.05, 0) is 81.0 Å². The van der Waals surface area contributed by atoms with Gasteiger partial charge in [0.05, 0.1) is 0 Å². The summed E-state index contributed by atoms with van der Waals surface area (Å²) in [7, 11) is 0. The molecule has 3 rings (SSSR count). The zero-order valence-electron chi connectivity index (χ0n) is 16.0. The number of rotatable bonds is 6. The summed E-state index contributed by atoms with van der Waals surface area (Å²) in [5.74, 6) is -0.542. The summed E-state index contributed by atoms with van der Waals surface area (Å²) >= 11 is 0. The molecule has 2 aromatic carbocycles. The normalized spacial score (nSPS) is 15.5. The molecule has 5 heteroatoms. The van der Waals surface area contributed by atoms with Gasteiger partial charge in [0.2, 0.25) is 5.91 Å². The summed E-state index contributed by atoms with van der Waals surface area (Å²) < 4.78 is 0. The minimum Gasteiger partial charge on any atom is -0.366 e. The van der Waals surface area contributed by atoms with Crippen LogP contribution >= 0.6 is 0 Å². The van der Waals surface area contributed by atoms with Gasteiger partial charge in [0.1, 0.15) is 6.04 Å². The molecule has 2 amide bonds. The maximum absolute atomic E-state index is 12.5. The van der Waals surface area contributed by atoms with Gasteiger partial charge in [-0.2, -0.15) is 0 Å². The van der Waals surface area contributed by atoms with Crippen molar-refractivity contribution in [1.29, 1.82) is 0 Å². The van der Waals surface area contributed by atoms with Gasteiger partial charge in [-0.1, -0.05) is 12.1 Å². The van der Waals surface area contributed by atoms with E-state index in [0.29, 0.717) is 11.3 Å². The summed E-state index contributed by atoms with van der Waals surface area (Å²) in [6, 6.07) is 13.3. The minimum atomic E-state index is -0.478. The summed E-state index contributed by atoms with van der Waals surface area (Å²) in [6.07, 6.45) is 4.89. The van der Waals surface area contributed by atoms with Crippen molar-refractivity contribution in [2.75, 3.05) is 5.32 Å². The first-order valence-corrected chi connectivity index (χ1v) is 9.61. The number of fused-ring (bicyclic) bond motifs is 1. The second-order valence-electron chi connectivity index (χ2n) is 7.44. The number of carbonyl (C=O) groups excluding carboxylic acids is 2. The van der Waals surface area contributed by atoms with Gasteiger partial charge in [0.15, 0.2) is 6.04 Å². The number of hydrogen-bond acceptors (Lipinski definition) is 2. The molecule has 142 valence electrons. The van der Waals surface area contributed by atoms with E-state index in [9.17, 15) is 9.59 Å². The van der Waals surface area contributed by atoms with Crippen LogP contribution in [0.5, 0.6) is 0 Å². The number of quaternary nitrogens is 1. The molecule has 0 aliphatic heterocycles. The number of carbonyl (C=O) groups is 2. The van der Waals surface area contributed by atoms with Crippen molar-refractivity contribution in [3.05, 3.63) is 64.7 Å². The van der Waals surface area contributed by atoms with Crippen molar-refractivity contribution in [3.63, 3.8) is 0 Å². The highest BCUT2D eigenvalue weighted by Crippen LogP contribution is 2.23. The lowest BCUT2D eigenvalue weighted by Crippen LogP contribution is -2.91. The second kappa shape index (κ2) is 8.35. The lowest BCUT2D eigenvalue weighted by Gasteiger charge is -2.20. The Morgan fingerprint density at radius 2 is 1.67 bits per heavy atom. The number of amides is 2. The average molecular weight is 366 g/mol. The fourth-order valence-electron chi connectivity index (χ4n) is 3.64. The molecule has 0 spiro atoms. The monoisotopic (exact) mass is 366 g/mol. The number of nitrogens with one attached hydrogen (secondary N) is 1. The van der Waals surface area contributed by atoms with Gasteiger partial charge in [-0.15, -0.1) is 0 Å². The van der Waals surface area contributed by atoms with Crippen molar-refractivity contribution in [1.82, 2.24) is 0 Å². The highest BCUT2D eigenvalue weighted by Gasteiger charge is 2.21. The molecule has 0 heterocycles. The largest absolute Gasteiger partial charge is 0.366 e. The molecule has 0 unspecified atom stereocenters. The number of primary amides is 1. The van der Waals surface area contributed by atoms with Gasteiger partial charge in [0, 0.05) is 16.8 Å². The van der Waals surface area contributed by atoms with Crippen LogP contribution in [-0.4, -0.2) is 17.9 Å². The smallest absolute Gasteiger partial charge is 0.282 e. The third-order valence-electron chi connectivity index (χ3n) is 5.33. The molecule has 0 saturated heterocycles. The molecule has 0 saturated carbocycles. The van der Waals surface area contributed by atoms with E-state index < -0.39 is 5.91 Å². The topological polar surface area (TPSA) is 88.8 Å². The van der Waals surface area contributed by atoms with E-state index in [1.807, 2.05) is 6.92 Å². The van der Waals surface area contributed by atoms with Crippen LogP contribution < -0.4 is 16.4 Å². The summed E-state index contributed by atoms with van der Waals surface area (Å²) in [5, 5.41) is 4.97. The predicted molar refractivity (Wildman–Crippen MR) is 106 cm³/mol. The molecule has 1 aliphatic rings. The predicted octanol–water partition coefficient (Wildman–Crippen LogP) is 2.32. The number of hydrogen-bond donors (Lipinski definition) is 3. The fourth-order valence-corrected chi connectivity index (χ4v) is 3.64. The Balaban J connectivity index is 1.59. The first-order valence-electron chi connectivity index (χ1n) is 9.61. The Morgan fingerprint density at radius 1 is 1.00 bits per heavy atom. The molecule has 0 bridgehead atoms. The standard InChI is InChI=1S/C22H27N3O2/c1-14(18-8-7-16-5-3-4-6-19(16)13-18)24-15(2)22(27)25-20-11-9-17(10-12-20)21(23)26/h7-15,24H,3-6H2,1-2H3,(H2,23,26)(H,25,27)/p+1/t14-,15-/m0/s1. The van der Waals surface area contributed by atoms with E-state index in [1.54, 1.807) is 24.3 Å². The molecule has 0 aromatic heterocycles. The number of anilines is 1. The molecular weight excluding hydrogens is 338 g/mol. The molecule has 1 aliphatic carbocycles. The van der Waals surface area contributed by atoms with Crippen LogP contribution in [0.4, 0.5) is 5.69 Å². The van der Waals surface area contributed by atoms with E-state index in [1.165, 1.54) is 36.0 Å². The van der Waals surface area contributed by atoms with Crippen molar-refractivity contribution in [3.8, 4) is 0 Å². The van der Waals surface area contributed by atoms with Crippen molar-refractivity contribution < 1.29 is 14.9 Å². The Labute approximate surface area is 160 Å². The van der Waals surface area contributed by atoms with Crippen molar-refractivity contribution >= 4 is 17.5 Å². The Morgan fingerprint density at radius 3 is 2.33 bits per heavy atom. The molecule has 5 N–H and O–H groups in total. The molecule has 0 radical (unpaired) electrons. The molecule has 2 aromatic rings. The first kappa shape index (κ1) is 19.1. The minimum absolute atomic E-state index is 0.0633. The average Bonchev–Trinajstić information content (AvgIpc) is 2.67. The first-order chi connectivity index (χ1) is 12.9. The van der Waals surface area contributed by atoms with Gasteiger partial charge in [0.25, 0.3) is 5.91 Å². The summed E-state index contributed by atoms with van der Waals surface area (Å²) in [6.45, 7) is 4.04. The lowest BCUT2D eigenvalue weighted by atomic mass is 9.89. The molecule has 27 heavy (non-hydrogen) atoms. The van der Waals surface area contributed by atoms with Crippen LogP contribution in [-0.2, 0) is 17.6 Å². The number of nitrogens with two attached hydrogens (primary N) is 2. The third kappa shape index (κ3) is 4.74. The molecular formula is C22H28N3O2+. The van der Waals surface area contributed by atoms with E-state index >= 15 is 0 Å². The quantitative estimate of drug-likeness (QED) is 0.732. The Bertz CT molecular complexity index is 830. The SMILES string of the molecule is C[C@H]([NH2+][C@@H](C)c1ccc2c(c1)CCCC2)C(=O)Nc1ccc(C(N)=O)cc1. The van der Waals surface area contributed by atoms with Crippen LogP contribution in [0.3, 0.4) is 0 Å². The van der Waals surface area contributed by atoms with Crippen LogP contribution in [0, 0.1) is 0 Å². The molecule has 2 atom stereocenters. The molecule has 0 fully saturated rings. The van der Waals surface area contributed by atoms with Crippen LogP contribution in [0.2, 0.25) is 0 Å². The Kier molecular flexibility index (Phi) is 5.91. The van der Waals surface area contributed by atoms with Crippen LogP contribution in [0.1, 0.15) is 59.8 Å². The zero-order chi connectivity index (χ0) is 19.4. The van der Waals surface area contributed by atoms with E-state index in [0.717, 1.165) is 6.42 Å². The van der Waals surface area contributed by atoms with Crippen LogP contribution in [0.15, 0.2) is 42.5 Å². The lowest BCUT2D eigenvalue weighted by molar-refractivity contribution is -0.709. The van der Waals surface area contributed by atoms with E-state index in [4.69, 9.17) is 5.73 Å². The molecule has 5 nitrogen and oxygen atoms in total. The fraction of sp³-hybridized carbons (Fsp3) is 0.364. The number of aryl methyl sites for hydroxylation is 2. The third-order valence-corrected chi connectivity index (χ3v) is 5.33. The van der Waals surface area contributed by atoms with Crippen molar-refractivity contribution in [2.45, 2.75) is 51.6 Å². The van der Waals surface area contributed by atoms with Gasteiger partial charge < -0.3 is 16.4 Å². The second-order valence-corrected chi connectivity index (χ2v) is 7.44. The van der Waals surface area contributed by atoms with E-state index in [-0.39, 0.29) is 18.0 Å². The van der Waals surface area contributed by atoms with Gasteiger partial charge in [-0.3, -0.25) is 9.59 Å². The van der Waals surface area contributed by atoms with Crippen molar-refractivity contribution in [2.24, 2.45) is 5.73 Å². The zero-order valence-corrected chi connectivity index (χ0v) is 16.0.